The van der Waals surface area contributed by atoms with Crippen LogP contribution in [0, 0.1) is 5.82 Å². The van der Waals surface area contributed by atoms with Crippen LogP contribution in [0.3, 0.4) is 0 Å². The summed E-state index contributed by atoms with van der Waals surface area (Å²) in [4.78, 5) is 20.7. The molecule has 0 saturated heterocycles. The summed E-state index contributed by atoms with van der Waals surface area (Å²) in [6.07, 6.45) is 6.13. The number of fused-ring (bicyclic) bond motifs is 1. The van der Waals surface area contributed by atoms with Crippen LogP contribution in [0.15, 0.2) is 60.8 Å². The van der Waals surface area contributed by atoms with Crippen molar-refractivity contribution in [2.45, 2.75) is 58.0 Å². The van der Waals surface area contributed by atoms with Crippen molar-refractivity contribution in [3.05, 3.63) is 77.2 Å². The molecule has 0 atom stereocenters. The van der Waals surface area contributed by atoms with E-state index in [0.717, 1.165) is 52.0 Å². The number of hydrogen-bond acceptors (Lipinski definition) is 6. The van der Waals surface area contributed by atoms with E-state index in [2.05, 4.69) is 15.6 Å². The summed E-state index contributed by atoms with van der Waals surface area (Å²) < 4.78 is 40.5. The van der Waals surface area contributed by atoms with Gasteiger partial charge in [0.15, 0.2) is 0 Å². The lowest BCUT2D eigenvalue weighted by atomic mass is 9.91. The van der Waals surface area contributed by atoms with Crippen molar-refractivity contribution >= 4 is 56.6 Å². The molecule has 1 heterocycles. The fraction of sp³-hybridized carbons (Fsp3) is 0.300. The number of para-hydroxylation sites is 1. The number of amides is 1. The molecule has 41 heavy (non-hydrogen) atoms. The van der Waals surface area contributed by atoms with E-state index in [-0.39, 0.29) is 34.4 Å². The van der Waals surface area contributed by atoms with Crippen LogP contribution in [0.25, 0.3) is 22.0 Å². The number of nitrogens with zero attached hydrogens (tertiary/aromatic N) is 3. The molecule has 0 unspecified atom stereocenters. The van der Waals surface area contributed by atoms with Crippen LogP contribution in [-0.2, 0) is 22.1 Å². The number of anilines is 3. The highest BCUT2D eigenvalue weighted by Gasteiger charge is 2.23. The number of aromatic nitrogens is 2. The van der Waals surface area contributed by atoms with E-state index in [1.807, 2.05) is 19.1 Å². The number of halogens is 2. The lowest BCUT2D eigenvalue weighted by Gasteiger charge is -2.29. The van der Waals surface area contributed by atoms with Crippen molar-refractivity contribution in [1.82, 2.24) is 15.3 Å². The fourth-order valence-electron chi connectivity index (χ4n) is 5.36. The zero-order chi connectivity index (χ0) is 29.1. The Labute approximate surface area is 245 Å². The van der Waals surface area contributed by atoms with Gasteiger partial charge in [-0.15, -0.1) is 0 Å². The Morgan fingerprint density at radius 3 is 2.41 bits per heavy atom. The number of benzene rings is 3. The number of hydrogen-bond donors (Lipinski definition) is 3. The van der Waals surface area contributed by atoms with E-state index in [1.165, 1.54) is 18.2 Å². The van der Waals surface area contributed by atoms with Gasteiger partial charge >= 0.3 is 0 Å². The van der Waals surface area contributed by atoms with E-state index in [4.69, 9.17) is 16.6 Å². The molecule has 1 aliphatic rings. The molecule has 1 fully saturated rings. The Morgan fingerprint density at radius 1 is 1.02 bits per heavy atom. The molecule has 4 aromatic rings. The minimum atomic E-state index is -3.19. The SMILES string of the molecule is CCc1cc(-c2ccc(N(c3ccccc3Cl)[SH](=O)=O)c(F)c2)cc2cnc(N[C@H]3CC[C@H](NC(C)=O)CC3)nc12. The third-order valence-corrected chi connectivity index (χ3v) is 8.44. The summed E-state index contributed by atoms with van der Waals surface area (Å²) in [5.74, 6) is -0.128. The van der Waals surface area contributed by atoms with Crippen molar-refractivity contribution < 1.29 is 17.6 Å². The molecule has 8 nitrogen and oxygen atoms in total. The first-order chi connectivity index (χ1) is 19.7. The minimum absolute atomic E-state index is 0.00261. The van der Waals surface area contributed by atoms with Crippen molar-refractivity contribution in [3.8, 4) is 11.1 Å². The van der Waals surface area contributed by atoms with Gasteiger partial charge in [-0.25, -0.2) is 27.1 Å². The van der Waals surface area contributed by atoms with Crippen molar-refractivity contribution in [2.24, 2.45) is 0 Å². The molecule has 1 saturated carbocycles. The van der Waals surface area contributed by atoms with Gasteiger partial charge in [-0.3, -0.25) is 4.79 Å². The predicted octanol–water partition coefficient (Wildman–Crippen LogP) is 6.18. The van der Waals surface area contributed by atoms with Gasteiger partial charge in [0.05, 0.1) is 21.9 Å². The number of nitrogens with one attached hydrogen (secondary N) is 2. The van der Waals surface area contributed by atoms with Crippen LogP contribution >= 0.6 is 11.6 Å². The second kappa shape index (κ2) is 12.4. The molecule has 11 heteroatoms. The monoisotopic (exact) mass is 595 g/mol. The van der Waals surface area contributed by atoms with Gasteiger partial charge in [-0.05, 0) is 85.2 Å². The van der Waals surface area contributed by atoms with Crippen molar-refractivity contribution in [1.29, 1.82) is 0 Å². The van der Waals surface area contributed by atoms with E-state index in [0.29, 0.717) is 17.9 Å². The molecule has 0 aliphatic heterocycles. The molecule has 214 valence electrons. The highest BCUT2D eigenvalue weighted by atomic mass is 35.5. The Balaban J connectivity index is 1.40. The van der Waals surface area contributed by atoms with Gasteiger partial charge in [0.1, 0.15) is 5.82 Å². The second-order valence-corrected chi connectivity index (χ2v) is 11.5. The van der Waals surface area contributed by atoms with E-state index in [1.54, 1.807) is 37.4 Å². The van der Waals surface area contributed by atoms with Crippen LogP contribution < -0.4 is 14.9 Å². The fourth-order valence-corrected chi connectivity index (χ4v) is 6.33. The summed E-state index contributed by atoms with van der Waals surface area (Å²) in [6.45, 7) is 3.58. The maximum absolute atomic E-state index is 15.4. The van der Waals surface area contributed by atoms with E-state index < -0.39 is 16.7 Å². The second-order valence-electron chi connectivity index (χ2n) is 10.2. The van der Waals surface area contributed by atoms with Crippen LogP contribution in [0.1, 0.15) is 45.1 Å². The van der Waals surface area contributed by atoms with Crippen LogP contribution in [0.5, 0.6) is 0 Å². The zero-order valence-electron chi connectivity index (χ0n) is 22.7. The molecule has 5 rings (SSSR count). The molecule has 0 bridgehead atoms. The van der Waals surface area contributed by atoms with Crippen LogP contribution in [0.4, 0.5) is 21.7 Å². The summed E-state index contributed by atoms with van der Waals surface area (Å²) in [5, 5.41) is 7.46. The largest absolute Gasteiger partial charge is 0.354 e. The number of carbonyl (C=O) groups excluding carboxylic acids is 1. The van der Waals surface area contributed by atoms with Gasteiger partial charge in [0.25, 0.3) is 0 Å². The molecule has 1 aromatic heterocycles. The number of thiol groups is 1. The quantitative estimate of drug-likeness (QED) is 0.210. The maximum atomic E-state index is 15.4. The standard InChI is InChI=1S/C30H31ClFN5O3S/c1-3-19-14-21(20-8-13-28(26(32)16-20)37(41(39)40)27-7-5-4-6-25(27)31)15-22-17-33-30(36-29(19)22)35-24-11-9-23(10-12-24)34-18(2)38/h4-8,13-17,23-24,41H,3,9-12H2,1-2H3,(H,34,38)(H,33,35,36)/t23-,24-. The number of aryl methyl sites for hydroxylation is 1. The molecule has 3 aromatic carbocycles. The highest BCUT2D eigenvalue weighted by molar-refractivity contribution is 7.74. The molecule has 1 aliphatic carbocycles. The van der Waals surface area contributed by atoms with Gasteiger partial charge in [-0.2, -0.15) is 0 Å². The summed E-state index contributed by atoms with van der Waals surface area (Å²) in [6, 6.07) is 15.2. The Hall–Kier alpha value is -3.76. The van der Waals surface area contributed by atoms with Gasteiger partial charge < -0.3 is 10.6 Å². The van der Waals surface area contributed by atoms with Crippen LogP contribution in [-0.4, -0.2) is 36.4 Å². The van der Waals surface area contributed by atoms with Gasteiger partial charge in [-0.1, -0.05) is 36.7 Å². The molecule has 0 spiro atoms. The highest BCUT2D eigenvalue weighted by Crippen LogP contribution is 2.36. The summed E-state index contributed by atoms with van der Waals surface area (Å²) in [5.41, 5.74) is 3.25. The smallest absolute Gasteiger partial charge is 0.229 e. The van der Waals surface area contributed by atoms with Gasteiger partial charge in [0, 0.05) is 30.6 Å². The molecular formula is C30H31ClFN5O3S. The summed E-state index contributed by atoms with van der Waals surface area (Å²) in [7, 11) is -3.19. The first-order valence-corrected chi connectivity index (χ1v) is 15.1. The van der Waals surface area contributed by atoms with Crippen LogP contribution in [0.2, 0.25) is 5.02 Å². The first-order valence-electron chi connectivity index (χ1n) is 13.6. The number of rotatable bonds is 8. The third-order valence-electron chi connectivity index (χ3n) is 7.36. The van der Waals surface area contributed by atoms with E-state index in [9.17, 15) is 13.2 Å². The van der Waals surface area contributed by atoms with Gasteiger partial charge in [0.2, 0.25) is 22.7 Å². The summed E-state index contributed by atoms with van der Waals surface area (Å²) >= 11 is 6.21. The Bertz CT molecular complexity index is 1670. The molecule has 1 amide bonds. The lowest BCUT2D eigenvalue weighted by Crippen LogP contribution is -2.39. The average Bonchev–Trinajstić information content (AvgIpc) is 2.95. The average molecular weight is 596 g/mol. The first kappa shape index (κ1) is 28.8. The molecular weight excluding hydrogens is 565 g/mol. The van der Waals surface area contributed by atoms with Crippen molar-refractivity contribution in [3.63, 3.8) is 0 Å². The Morgan fingerprint density at radius 2 is 1.76 bits per heavy atom. The maximum Gasteiger partial charge on any atom is 0.229 e. The number of carbonyl (C=O) groups is 1. The topological polar surface area (TPSA) is 104 Å². The molecule has 0 radical (unpaired) electrons. The van der Waals surface area contributed by atoms with Crippen molar-refractivity contribution in [2.75, 3.05) is 9.62 Å². The normalized spacial score (nSPS) is 17.0. The van der Waals surface area contributed by atoms with E-state index >= 15 is 4.39 Å². The molecule has 2 N–H and O–H groups in total. The lowest BCUT2D eigenvalue weighted by molar-refractivity contribution is -0.119. The zero-order valence-corrected chi connectivity index (χ0v) is 24.4. The Kier molecular flexibility index (Phi) is 8.70. The predicted molar refractivity (Wildman–Crippen MR) is 162 cm³/mol. The minimum Gasteiger partial charge on any atom is -0.354 e. The third kappa shape index (κ3) is 6.44.